The summed E-state index contributed by atoms with van der Waals surface area (Å²) in [5, 5.41) is 6.43. The van der Waals surface area contributed by atoms with Crippen LogP contribution in [-0.2, 0) is 9.84 Å². The van der Waals surface area contributed by atoms with Crippen molar-refractivity contribution in [2.75, 3.05) is 31.1 Å². The topological polar surface area (TPSA) is 70.6 Å². The number of rotatable bonds is 6. The highest BCUT2D eigenvalue weighted by Gasteiger charge is 2.27. The Morgan fingerprint density at radius 3 is 2.67 bits per heavy atom. The van der Waals surface area contributed by atoms with Crippen LogP contribution in [-0.4, -0.2) is 45.5 Å². The molecule has 1 aliphatic heterocycles. The lowest BCUT2D eigenvalue weighted by molar-refractivity contribution is 0.589. The molecule has 1 atom stereocenters. The Labute approximate surface area is 110 Å². The van der Waals surface area contributed by atoms with Gasteiger partial charge in [0, 0.05) is 19.6 Å². The van der Waals surface area contributed by atoms with E-state index in [1.165, 1.54) is 0 Å². The summed E-state index contributed by atoms with van der Waals surface area (Å²) in [6.07, 6.45) is 3.01. The summed E-state index contributed by atoms with van der Waals surface area (Å²) >= 11 is 0. The summed E-state index contributed by atoms with van der Waals surface area (Å²) < 4.78 is 22.7. The van der Waals surface area contributed by atoms with Crippen LogP contribution in [0.25, 0.3) is 0 Å². The first-order valence-electron chi connectivity index (χ1n) is 6.80. The second kappa shape index (κ2) is 7.61. The summed E-state index contributed by atoms with van der Waals surface area (Å²) in [5.41, 5.74) is 0. The highest BCUT2D eigenvalue weighted by molar-refractivity contribution is 7.91. The number of sulfone groups is 1. The van der Waals surface area contributed by atoms with Crippen molar-refractivity contribution in [2.45, 2.75) is 33.1 Å². The third kappa shape index (κ3) is 5.71. The molecule has 0 aromatic heterocycles. The lowest BCUT2D eigenvalue weighted by Gasteiger charge is -2.12. The largest absolute Gasteiger partial charge is 0.357 e. The molecule has 1 rings (SSSR count). The average molecular weight is 275 g/mol. The Balaban J connectivity index is 2.40. The Morgan fingerprint density at radius 2 is 2.11 bits per heavy atom. The molecule has 1 aliphatic rings. The molecule has 0 bridgehead atoms. The van der Waals surface area contributed by atoms with E-state index in [4.69, 9.17) is 0 Å². The van der Waals surface area contributed by atoms with Gasteiger partial charge in [-0.25, -0.2) is 8.42 Å². The van der Waals surface area contributed by atoms with Gasteiger partial charge < -0.3 is 10.6 Å². The number of unbranched alkanes of at least 4 members (excludes halogenated alkanes) is 1. The normalized spacial score (nSPS) is 23.0. The summed E-state index contributed by atoms with van der Waals surface area (Å²) in [5.74, 6) is 1.62. The van der Waals surface area contributed by atoms with E-state index in [0.29, 0.717) is 18.1 Å². The predicted molar refractivity (Wildman–Crippen MR) is 75.7 cm³/mol. The van der Waals surface area contributed by atoms with Crippen molar-refractivity contribution in [1.29, 1.82) is 0 Å². The predicted octanol–water partition coefficient (Wildman–Crippen LogP) is 0.776. The Bertz CT molecular complexity index is 366. The first-order valence-corrected chi connectivity index (χ1v) is 8.62. The van der Waals surface area contributed by atoms with Crippen LogP contribution in [0.15, 0.2) is 4.99 Å². The maximum atomic E-state index is 11.3. The van der Waals surface area contributed by atoms with Gasteiger partial charge in [0.15, 0.2) is 15.8 Å². The zero-order valence-corrected chi connectivity index (χ0v) is 12.2. The molecule has 6 heteroatoms. The maximum Gasteiger partial charge on any atom is 0.191 e. The Hall–Kier alpha value is -0.780. The molecular weight excluding hydrogens is 250 g/mol. The monoisotopic (exact) mass is 275 g/mol. The fraction of sp³-hybridized carbons (Fsp3) is 0.917. The first-order chi connectivity index (χ1) is 8.57. The molecule has 2 N–H and O–H groups in total. The molecule has 0 amide bonds. The van der Waals surface area contributed by atoms with E-state index in [-0.39, 0.29) is 5.92 Å². The van der Waals surface area contributed by atoms with E-state index >= 15 is 0 Å². The fourth-order valence-corrected chi connectivity index (χ4v) is 3.81. The van der Waals surface area contributed by atoms with E-state index in [1.54, 1.807) is 0 Å². The lowest BCUT2D eigenvalue weighted by atomic mass is 10.1. The van der Waals surface area contributed by atoms with Crippen molar-refractivity contribution >= 4 is 15.8 Å². The van der Waals surface area contributed by atoms with Gasteiger partial charge in [-0.15, -0.1) is 0 Å². The highest BCUT2D eigenvalue weighted by atomic mass is 32.2. The molecule has 0 aliphatic carbocycles. The van der Waals surface area contributed by atoms with Crippen LogP contribution in [0, 0.1) is 5.92 Å². The van der Waals surface area contributed by atoms with Gasteiger partial charge in [0.2, 0.25) is 0 Å². The number of guanidine groups is 1. The van der Waals surface area contributed by atoms with Gasteiger partial charge >= 0.3 is 0 Å². The molecule has 0 spiro atoms. The minimum absolute atomic E-state index is 0.191. The van der Waals surface area contributed by atoms with Crippen LogP contribution < -0.4 is 10.6 Å². The average Bonchev–Trinajstić information content (AvgIpc) is 2.66. The molecule has 0 aromatic carbocycles. The van der Waals surface area contributed by atoms with Crippen molar-refractivity contribution in [2.24, 2.45) is 10.9 Å². The summed E-state index contributed by atoms with van der Waals surface area (Å²) in [7, 11) is -2.79. The van der Waals surface area contributed by atoms with E-state index in [1.807, 2.05) is 6.92 Å². The zero-order chi connectivity index (χ0) is 13.4. The number of aliphatic imine (C=N–C) groups is 1. The van der Waals surface area contributed by atoms with Crippen LogP contribution in [0.2, 0.25) is 0 Å². The zero-order valence-electron chi connectivity index (χ0n) is 11.4. The molecular formula is C12H25N3O2S. The molecule has 18 heavy (non-hydrogen) atoms. The molecule has 0 radical (unpaired) electrons. The second-order valence-electron chi connectivity index (χ2n) is 4.77. The molecule has 1 saturated heterocycles. The van der Waals surface area contributed by atoms with Crippen LogP contribution in [0.4, 0.5) is 0 Å². The SMILES string of the molecule is CCCCNC(=NCC1CCS(=O)(=O)C1)NCC. The van der Waals surface area contributed by atoms with Crippen LogP contribution in [0.1, 0.15) is 33.1 Å². The van der Waals surface area contributed by atoms with Crippen molar-refractivity contribution in [1.82, 2.24) is 10.6 Å². The van der Waals surface area contributed by atoms with E-state index in [9.17, 15) is 8.42 Å². The van der Waals surface area contributed by atoms with E-state index in [2.05, 4.69) is 22.5 Å². The van der Waals surface area contributed by atoms with Gasteiger partial charge in [-0.3, -0.25) is 4.99 Å². The van der Waals surface area contributed by atoms with Crippen molar-refractivity contribution in [3.63, 3.8) is 0 Å². The molecule has 1 unspecified atom stereocenters. The van der Waals surface area contributed by atoms with Crippen molar-refractivity contribution in [3.8, 4) is 0 Å². The lowest BCUT2D eigenvalue weighted by Crippen LogP contribution is -2.38. The molecule has 1 heterocycles. The smallest absolute Gasteiger partial charge is 0.191 e. The number of nitrogens with zero attached hydrogens (tertiary/aromatic N) is 1. The van der Waals surface area contributed by atoms with E-state index < -0.39 is 9.84 Å². The van der Waals surface area contributed by atoms with Crippen molar-refractivity contribution in [3.05, 3.63) is 0 Å². The second-order valence-corrected chi connectivity index (χ2v) is 7.00. The molecule has 0 saturated carbocycles. The van der Waals surface area contributed by atoms with Gasteiger partial charge in [-0.2, -0.15) is 0 Å². The maximum absolute atomic E-state index is 11.3. The number of hydrogen-bond donors (Lipinski definition) is 2. The van der Waals surface area contributed by atoms with Gasteiger partial charge in [-0.1, -0.05) is 13.3 Å². The minimum Gasteiger partial charge on any atom is -0.357 e. The summed E-state index contributed by atoms with van der Waals surface area (Å²) in [4.78, 5) is 4.46. The quantitative estimate of drug-likeness (QED) is 0.427. The number of nitrogens with one attached hydrogen (secondary N) is 2. The molecule has 0 aromatic rings. The first kappa shape index (κ1) is 15.3. The Kier molecular flexibility index (Phi) is 6.46. The van der Waals surface area contributed by atoms with Gasteiger partial charge in [0.05, 0.1) is 11.5 Å². The summed E-state index contributed by atoms with van der Waals surface area (Å²) in [6, 6.07) is 0. The van der Waals surface area contributed by atoms with Crippen LogP contribution in [0.3, 0.4) is 0 Å². The van der Waals surface area contributed by atoms with Crippen LogP contribution in [0.5, 0.6) is 0 Å². The molecule has 1 fully saturated rings. The van der Waals surface area contributed by atoms with Gasteiger partial charge in [0.25, 0.3) is 0 Å². The molecule has 5 nitrogen and oxygen atoms in total. The minimum atomic E-state index is -2.79. The van der Waals surface area contributed by atoms with Gasteiger partial charge in [0.1, 0.15) is 0 Å². The Morgan fingerprint density at radius 1 is 1.33 bits per heavy atom. The fourth-order valence-electron chi connectivity index (χ4n) is 1.96. The van der Waals surface area contributed by atoms with E-state index in [0.717, 1.165) is 38.3 Å². The van der Waals surface area contributed by atoms with Crippen molar-refractivity contribution < 1.29 is 8.42 Å². The van der Waals surface area contributed by atoms with Crippen LogP contribution >= 0.6 is 0 Å². The third-order valence-electron chi connectivity index (χ3n) is 3.00. The molecule has 106 valence electrons. The standard InChI is InChI=1S/C12H25N3O2S/c1-3-5-7-14-12(13-4-2)15-9-11-6-8-18(16,17)10-11/h11H,3-10H2,1-2H3,(H2,13,14,15). The number of hydrogen-bond acceptors (Lipinski definition) is 3. The third-order valence-corrected chi connectivity index (χ3v) is 4.84. The highest BCUT2D eigenvalue weighted by Crippen LogP contribution is 2.18. The van der Waals surface area contributed by atoms with Gasteiger partial charge in [-0.05, 0) is 25.7 Å². The summed E-state index contributed by atoms with van der Waals surface area (Å²) in [6.45, 7) is 6.50.